The third-order valence-electron chi connectivity index (χ3n) is 7.39. The molecule has 10 heteroatoms. The lowest BCUT2D eigenvalue weighted by Gasteiger charge is -2.48. The number of halogens is 1. The first-order valence-corrected chi connectivity index (χ1v) is 15.4. The Morgan fingerprint density at radius 1 is 1.05 bits per heavy atom. The Morgan fingerprint density at radius 3 is 2.19 bits per heavy atom. The van der Waals surface area contributed by atoms with E-state index in [1.807, 2.05) is 36.4 Å². The standard InChI is InChI=1S/C27H31IN4O4Si/c1-27(2,3)37(16-11-7-5-8-12-16,17-13-9-6-10-14-17)26(34)21-18(33)15-19(36-21)23-29-24-20(22(28)31-32-24)25(30-23)35-4/h5-14,18-19,21,26,33-34H,15H2,1-4H3,(H,29,30,31,32)/t18-,19?,21-,26?/m0/s1. The number of H-pyrrole nitrogens is 1. The van der Waals surface area contributed by atoms with Crippen molar-refractivity contribution in [2.24, 2.45) is 0 Å². The molecule has 3 N–H and O–H groups in total. The van der Waals surface area contributed by atoms with Crippen LogP contribution in [0.1, 0.15) is 39.1 Å². The molecule has 0 spiro atoms. The van der Waals surface area contributed by atoms with Crippen LogP contribution in [0.2, 0.25) is 5.04 Å². The van der Waals surface area contributed by atoms with Gasteiger partial charge in [0.05, 0.1) is 18.9 Å². The van der Waals surface area contributed by atoms with E-state index in [0.29, 0.717) is 22.7 Å². The molecule has 0 amide bonds. The van der Waals surface area contributed by atoms with Crippen LogP contribution in [0.25, 0.3) is 11.0 Å². The number of aromatic nitrogens is 4. The maximum Gasteiger partial charge on any atom is 0.228 e. The fraction of sp³-hybridized carbons (Fsp3) is 0.370. The van der Waals surface area contributed by atoms with Crippen LogP contribution in [0, 0.1) is 3.70 Å². The molecule has 5 rings (SSSR count). The maximum absolute atomic E-state index is 12.3. The van der Waals surface area contributed by atoms with Gasteiger partial charge in [-0.25, -0.2) is 4.98 Å². The van der Waals surface area contributed by atoms with E-state index in [0.717, 1.165) is 14.1 Å². The molecule has 0 radical (unpaired) electrons. The molecule has 2 aromatic carbocycles. The molecule has 1 fully saturated rings. The minimum atomic E-state index is -2.96. The molecular weight excluding hydrogens is 599 g/mol. The number of fused-ring (bicyclic) bond motifs is 1. The van der Waals surface area contributed by atoms with E-state index in [9.17, 15) is 10.2 Å². The van der Waals surface area contributed by atoms with Gasteiger partial charge in [-0.2, -0.15) is 10.1 Å². The Morgan fingerprint density at radius 2 is 1.65 bits per heavy atom. The van der Waals surface area contributed by atoms with Crippen molar-refractivity contribution in [3.63, 3.8) is 0 Å². The zero-order valence-corrected chi connectivity index (χ0v) is 24.4. The number of benzene rings is 2. The fourth-order valence-electron chi connectivity index (χ4n) is 5.77. The van der Waals surface area contributed by atoms with Gasteiger partial charge in [0.1, 0.15) is 21.3 Å². The van der Waals surface area contributed by atoms with Crippen LogP contribution in [0.5, 0.6) is 5.88 Å². The fourth-order valence-corrected chi connectivity index (χ4v) is 12.2. The summed E-state index contributed by atoms with van der Waals surface area (Å²) < 4.78 is 12.7. The summed E-state index contributed by atoms with van der Waals surface area (Å²) in [4.78, 5) is 9.18. The average molecular weight is 631 g/mol. The topological polar surface area (TPSA) is 113 Å². The second kappa shape index (κ2) is 10.1. The smallest absolute Gasteiger partial charge is 0.228 e. The molecule has 8 nitrogen and oxygen atoms in total. The quantitative estimate of drug-likeness (QED) is 0.222. The van der Waals surface area contributed by atoms with E-state index in [-0.39, 0.29) is 11.5 Å². The second-order valence-corrected chi connectivity index (χ2v) is 16.4. The number of ether oxygens (including phenoxy) is 2. The lowest BCUT2D eigenvalue weighted by Crippen LogP contribution is -2.74. The van der Waals surface area contributed by atoms with Gasteiger partial charge >= 0.3 is 0 Å². The molecule has 37 heavy (non-hydrogen) atoms. The summed E-state index contributed by atoms with van der Waals surface area (Å²) in [7, 11) is -1.41. The highest BCUT2D eigenvalue weighted by Crippen LogP contribution is 2.43. The van der Waals surface area contributed by atoms with E-state index in [1.165, 1.54) is 0 Å². The van der Waals surface area contributed by atoms with Crippen molar-refractivity contribution >= 4 is 52.1 Å². The molecule has 3 heterocycles. The predicted molar refractivity (Wildman–Crippen MR) is 153 cm³/mol. The van der Waals surface area contributed by atoms with E-state index in [1.54, 1.807) is 7.11 Å². The van der Waals surface area contributed by atoms with Crippen LogP contribution in [0.15, 0.2) is 60.7 Å². The first-order valence-electron chi connectivity index (χ1n) is 12.3. The molecule has 0 bridgehead atoms. The lowest BCUT2D eigenvalue weighted by atomic mass is 10.1. The molecule has 1 aliphatic heterocycles. The summed E-state index contributed by atoms with van der Waals surface area (Å²) >= 11 is 2.13. The van der Waals surface area contributed by atoms with Crippen molar-refractivity contribution in [3.05, 3.63) is 70.2 Å². The number of hydrogen-bond acceptors (Lipinski definition) is 7. The highest BCUT2D eigenvalue weighted by molar-refractivity contribution is 14.1. The number of rotatable bonds is 6. The molecular formula is C27H31IN4O4Si. The highest BCUT2D eigenvalue weighted by atomic mass is 127. The number of aliphatic hydroxyl groups excluding tert-OH is 2. The van der Waals surface area contributed by atoms with Crippen LogP contribution in [-0.4, -0.2) is 63.5 Å². The lowest BCUT2D eigenvalue weighted by molar-refractivity contribution is -0.0434. The van der Waals surface area contributed by atoms with Crippen molar-refractivity contribution in [2.75, 3.05) is 7.11 Å². The Kier molecular flexibility index (Phi) is 7.13. The van der Waals surface area contributed by atoms with Gasteiger partial charge in [0.2, 0.25) is 5.88 Å². The van der Waals surface area contributed by atoms with Crippen LogP contribution in [0.3, 0.4) is 0 Å². The third kappa shape index (κ3) is 4.38. The van der Waals surface area contributed by atoms with Gasteiger partial charge in [0.25, 0.3) is 0 Å². The van der Waals surface area contributed by atoms with Crippen LogP contribution in [0.4, 0.5) is 0 Å². The summed E-state index contributed by atoms with van der Waals surface area (Å²) in [5.74, 6) is 0.774. The van der Waals surface area contributed by atoms with Crippen LogP contribution < -0.4 is 15.1 Å². The molecule has 2 aromatic heterocycles. The van der Waals surface area contributed by atoms with Crippen molar-refractivity contribution in [1.29, 1.82) is 0 Å². The first-order chi connectivity index (χ1) is 17.7. The van der Waals surface area contributed by atoms with E-state index in [4.69, 9.17) is 9.47 Å². The number of nitrogens with one attached hydrogen (secondary N) is 1. The number of nitrogens with zero attached hydrogens (tertiary/aromatic N) is 3. The molecule has 4 atom stereocenters. The first kappa shape index (κ1) is 26.2. The van der Waals surface area contributed by atoms with Crippen LogP contribution in [-0.2, 0) is 4.74 Å². The third-order valence-corrected chi connectivity index (χ3v) is 14.2. The van der Waals surface area contributed by atoms with Gasteiger partial charge in [-0.3, -0.25) is 5.10 Å². The Labute approximate surface area is 230 Å². The van der Waals surface area contributed by atoms with Gasteiger partial charge in [0.15, 0.2) is 19.5 Å². The predicted octanol–water partition coefficient (Wildman–Crippen LogP) is 3.12. The minimum Gasteiger partial charge on any atom is -0.480 e. The van der Waals surface area contributed by atoms with Crippen molar-refractivity contribution in [3.8, 4) is 5.88 Å². The monoisotopic (exact) mass is 630 g/mol. The van der Waals surface area contributed by atoms with E-state index >= 15 is 0 Å². The van der Waals surface area contributed by atoms with Gasteiger partial charge in [-0.15, -0.1) is 0 Å². The summed E-state index contributed by atoms with van der Waals surface area (Å²) in [5.41, 5.74) is -0.463. The average Bonchev–Trinajstić information content (AvgIpc) is 3.47. The number of methoxy groups -OCH3 is 1. The molecule has 0 saturated carbocycles. The van der Waals surface area contributed by atoms with Crippen LogP contribution >= 0.6 is 22.6 Å². The highest BCUT2D eigenvalue weighted by Gasteiger charge is 2.58. The summed E-state index contributed by atoms with van der Waals surface area (Å²) in [5, 5.41) is 33.3. The normalized spacial score (nSPS) is 21.3. The van der Waals surface area contributed by atoms with Crippen molar-refractivity contribution < 1.29 is 19.7 Å². The number of aliphatic hydroxyl groups is 2. The molecule has 194 valence electrons. The largest absolute Gasteiger partial charge is 0.480 e. The zero-order valence-electron chi connectivity index (χ0n) is 21.2. The maximum atomic E-state index is 12.3. The second-order valence-electron chi connectivity index (χ2n) is 10.5. The van der Waals surface area contributed by atoms with Gasteiger partial charge in [-0.05, 0) is 27.6 Å². The van der Waals surface area contributed by atoms with E-state index in [2.05, 4.69) is 87.8 Å². The Bertz CT molecular complexity index is 1340. The van der Waals surface area contributed by atoms with E-state index < -0.39 is 32.1 Å². The molecule has 2 unspecified atom stereocenters. The zero-order chi connectivity index (χ0) is 26.4. The summed E-state index contributed by atoms with van der Waals surface area (Å²) in [6.45, 7) is 6.51. The Balaban J connectivity index is 1.58. The molecule has 0 aliphatic carbocycles. The minimum absolute atomic E-state index is 0.260. The summed E-state index contributed by atoms with van der Waals surface area (Å²) in [6, 6.07) is 20.4. The SMILES string of the molecule is COc1nc(C2C[C@H](O)[C@@H](C(O)[Si](c3ccccc3)(c3ccccc3)C(C)(C)C)O2)nc2n[nH]c(I)c12. The van der Waals surface area contributed by atoms with Crippen molar-refractivity contribution in [1.82, 2.24) is 20.2 Å². The van der Waals surface area contributed by atoms with Gasteiger partial charge in [-0.1, -0.05) is 91.8 Å². The van der Waals surface area contributed by atoms with Gasteiger partial charge < -0.3 is 19.7 Å². The number of aromatic amines is 1. The molecule has 4 aromatic rings. The Hall–Kier alpha value is -2.38. The number of hydrogen-bond donors (Lipinski definition) is 3. The summed E-state index contributed by atoms with van der Waals surface area (Å²) in [6.07, 6.45) is -2.07. The van der Waals surface area contributed by atoms with Gasteiger partial charge in [0, 0.05) is 6.42 Å². The molecule has 1 saturated heterocycles. The molecule has 1 aliphatic rings. The van der Waals surface area contributed by atoms with Crippen molar-refractivity contribution in [2.45, 2.75) is 56.3 Å².